The quantitative estimate of drug-likeness (QED) is 0.659. The molecule has 1 atom stereocenters. The SMILES string of the molecule is Cc1ccc(C)c(NC(=O)c2ccc3c(c2)C[C@@H](c2ccccc2)OC3=O)c1. The van der Waals surface area contributed by atoms with Crippen molar-refractivity contribution < 1.29 is 14.3 Å². The average molecular weight is 371 g/mol. The van der Waals surface area contributed by atoms with Crippen LogP contribution in [0.3, 0.4) is 0 Å². The normalized spacial score (nSPS) is 15.5. The van der Waals surface area contributed by atoms with Crippen LogP contribution in [0.5, 0.6) is 0 Å². The summed E-state index contributed by atoms with van der Waals surface area (Å²) in [6, 6.07) is 20.8. The Hall–Kier alpha value is -3.40. The van der Waals surface area contributed by atoms with Crippen LogP contribution < -0.4 is 5.32 Å². The van der Waals surface area contributed by atoms with Crippen LogP contribution in [-0.4, -0.2) is 11.9 Å². The van der Waals surface area contributed by atoms with Crippen LogP contribution >= 0.6 is 0 Å². The van der Waals surface area contributed by atoms with Gasteiger partial charge in [0, 0.05) is 17.7 Å². The molecule has 3 aromatic rings. The fourth-order valence-electron chi connectivity index (χ4n) is 3.46. The number of esters is 1. The molecule has 140 valence electrons. The molecule has 1 N–H and O–H groups in total. The van der Waals surface area contributed by atoms with Crippen molar-refractivity contribution in [3.63, 3.8) is 0 Å². The maximum absolute atomic E-state index is 12.8. The lowest BCUT2D eigenvalue weighted by molar-refractivity contribution is 0.0252. The second kappa shape index (κ2) is 7.31. The van der Waals surface area contributed by atoms with Gasteiger partial charge < -0.3 is 10.1 Å². The molecular formula is C24H21NO3. The Morgan fingerprint density at radius 3 is 2.57 bits per heavy atom. The standard InChI is InChI=1S/C24H21NO3/c1-15-8-9-16(2)21(12-15)25-23(26)18-10-11-20-19(13-18)14-22(28-24(20)27)17-6-4-3-5-7-17/h3-13,22H,14H2,1-2H3,(H,25,26)/t22-/m0/s1. The van der Waals surface area contributed by atoms with Gasteiger partial charge in [-0.25, -0.2) is 4.79 Å². The Balaban J connectivity index is 1.60. The van der Waals surface area contributed by atoms with Gasteiger partial charge >= 0.3 is 5.97 Å². The summed E-state index contributed by atoms with van der Waals surface area (Å²) in [5.74, 6) is -0.539. The number of ether oxygens (including phenoxy) is 1. The molecule has 0 aliphatic carbocycles. The molecule has 1 aliphatic heterocycles. The molecule has 0 aromatic heterocycles. The number of anilines is 1. The third-order valence-electron chi connectivity index (χ3n) is 5.05. The van der Waals surface area contributed by atoms with E-state index >= 15 is 0 Å². The molecule has 0 saturated carbocycles. The monoisotopic (exact) mass is 371 g/mol. The summed E-state index contributed by atoms with van der Waals surface area (Å²) in [6.45, 7) is 3.95. The fraction of sp³-hybridized carbons (Fsp3) is 0.167. The first-order valence-electron chi connectivity index (χ1n) is 9.29. The van der Waals surface area contributed by atoms with Crippen molar-refractivity contribution in [1.29, 1.82) is 0 Å². The van der Waals surface area contributed by atoms with E-state index in [4.69, 9.17) is 4.74 Å². The molecule has 1 amide bonds. The molecule has 0 fully saturated rings. The zero-order chi connectivity index (χ0) is 19.7. The Morgan fingerprint density at radius 2 is 1.79 bits per heavy atom. The Morgan fingerprint density at radius 1 is 1.00 bits per heavy atom. The molecule has 0 radical (unpaired) electrons. The molecule has 0 spiro atoms. The average Bonchev–Trinajstić information content (AvgIpc) is 2.71. The van der Waals surface area contributed by atoms with E-state index in [0.717, 1.165) is 27.9 Å². The smallest absolute Gasteiger partial charge is 0.339 e. The number of cyclic esters (lactones) is 1. The van der Waals surface area contributed by atoms with Gasteiger partial charge in [-0.15, -0.1) is 0 Å². The molecular weight excluding hydrogens is 350 g/mol. The lowest BCUT2D eigenvalue weighted by atomic mass is 9.93. The summed E-state index contributed by atoms with van der Waals surface area (Å²) in [7, 11) is 0. The lowest BCUT2D eigenvalue weighted by Gasteiger charge is -2.25. The van der Waals surface area contributed by atoms with Gasteiger partial charge in [-0.05, 0) is 60.4 Å². The van der Waals surface area contributed by atoms with E-state index in [0.29, 0.717) is 17.5 Å². The van der Waals surface area contributed by atoms with E-state index in [1.165, 1.54) is 0 Å². The molecule has 4 nitrogen and oxygen atoms in total. The molecule has 3 aromatic carbocycles. The maximum atomic E-state index is 12.8. The van der Waals surface area contributed by atoms with Crippen molar-refractivity contribution in [2.75, 3.05) is 5.32 Å². The molecule has 4 rings (SSSR count). The Kier molecular flexibility index (Phi) is 4.70. The van der Waals surface area contributed by atoms with Gasteiger partial charge in [-0.2, -0.15) is 0 Å². The van der Waals surface area contributed by atoms with Crippen LogP contribution in [0, 0.1) is 13.8 Å². The van der Waals surface area contributed by atoms with Crippen LogP contribution in [0.4, 0.5) is 5.69 Å². The number of aryl methyl sites for hydroxylation is 2. The number of rotatable bonds is 3. The summed E-state index contributed by atoms with van der Waals surface area (Å²) >= 11 is 0. The number of hydrogen-bond acceptors (Lipinski definition) is 3. The van der Waals surface area contributed by atoms with E-state index < -0.39 is 0 Å². The number of hydrogen-bond donors (Lipinski definition) is 1. The highest BCUT2D eigenvalue weighted by molar-refractivity contribution is 6.05. The van der Waals surface area contributed by atoms with Crippen molar-refractivity contribution in [2.45, 2.75) is 26.4 Å². The predicted molar refractivity (Wildman–Crippen MR) is 109 cm³/mol. The highest BCUT2D eigenvalue weighted by Crippen LogP contribution is 2.31. The van der Waals surface area contributed by atoms with Crippen LogP contribution in [0.25, 0.3) is 0 Å². The minimum Gasteiger partial charge on any atom is -0.454 e. The molecule has 1 heterocycles. The first kappa shape index (κ1) is 18.0. The third kappa shape index (κ3) is 3.54. The van der Waals surface area contributed by atoms with Gasteiger partial charge in [0.25, 0.3) is 5.91 Å². The Bertz CT molecular complexity index is 1060. The van der Waals surface area contributed by atoms with Crippen molar-refractivity contribution in [1.82, 2.24) is 0 Å². The molecule has 0 saturated heterocycles. The summed E-state index contributed by atoms with van der Waals surface area (Å²) in [5, 5.41) is 2.97. The van der Waals surface area contributed by atoms with E-state index in [2.05, 4.69) is 5.32 Å². The highest BCUT2D eigenvalue weighted by atomic mass is 16.5. The zero-order valence-electron chi connectivity index (χ0n) is 15.9. The number of carbonyl (C=O) groups is 2. The molecule has 28 heavy (non-hydrogen) atoms. The van der Waals surface area contributed by atoms with E-state index in [1.54, 1.807) is 18.2 Å². The Labute approximate surface area is 164 Å². The van der Waals surface area contributed by atoms with E-state index in [-0.39, 0.29) is 18.0 Å². The summed E-state index contributed by atoms with van der Waals surface area (Å²) in [6.07, 6.45) is 0.217. The number of amides is 1. The summed E-state index contributed by atoms with van der Waals surface area (Å²) < 4.78 is 5.58. The van der Waals surface area contributed by atoms with Gasteiger partial charge in [0.05, 0.1) is 5.56 Å². The second-order valence-electron chi connectivity index (χ2n) is 7.15. The maximum Gasteiger partial charge on any atom is 0.339 e. The third-order valence-corrected chi connectivity index (χ3v) is 5.05. The van der Waals surface area contributed by atoms with Crippen molar-refractivity contribution in [3.8, 4) is 0 Å². The zero-order valence-corrected chi connectivity index (χ0v) is 15.9. The first-order chi connectivity index (χ1) is 13.5. The van der Waals surface area contributed by atoms with Crippen molar-refractivity contribution >= 4 is 17.6 Å². The first-order valence-corrected chi connectivity index (χ1v) is 9.29. The van der Waals surface area contributed by atoms with Gasteiger partial charge in [-0.3, -0.25) is 4.79 Å². The molecule has 1 aliphatic rings. The molecule has 4 heteroatoms. The minimum absolute atomic E-state index is 0.188. The van der Waals surface area contributed by atoms with E-state index in [1.807, 2.05) is 62.4 Å². The summed E-state index contributed by atoms with van der Waals surface area (Å²) in [4.78, 5) is 25.2. The van der Waals surface area contributed by atoms with Crippen LogP contribution in [0.15, 0.2) is 66.7 Å². The molecule has 0 bridgehead atoms. The largest absolute Gasteiger partial charge is 0.454 e. The number of benzene rings is 3. The van der Waals surface area contributed by atoms with Crippen LogP contribution in [-0.2, 0) is 11.2 Å². The number of carbonyl (C=O) groups excluding carboxylic acids is 2. The number of nitrogens with one attached hydrogen (secondary N) is 1. The fourth-order valence-corrected chi connectivity index (χ4v) is 3.46. The highest BCUT2D eigenvalue weighted by Gasteiger charge is 2.28. The van der Waals surface area contributed by atoms with Gasteiger partial charge in [0.15, 0.2) is 0 Å². The molecule has 0 unspecified atom stereocenters. The lowest BCUT2D eigenvalue weighted by Crippen LogP contribution is -2.23. The van der Waals surface area contributed by atoms with Crippen molar-refractivity contribution in [3.05, 3.63) is 100 Å². The van der Waals surface area contributed by atoms with Crippen LogP contribution in [0.1, 0.15) is 49.1 Å². The summed E-state index contributed by atoms with van der Waals surface area (Å²) in [5.41, 5.74) is 5.72. The van der Waals surface area contributed by atoms with Crippen molar-refractivity contribution in [2.24, 2.45) is 0 Å². The van der Waals surface area contributed by atoms with Gasteiger partial charge in [-0.1, -0.05) is 42.5 Å². The minimum atomic E-state index is -0.350. The predicted octanol–water partition coefficient (Wildman–Crippen LogP) is 5.01. The topological polar surface area (TPSA) is 55.4 Å². The second-order valence-corrected chi connectivity index (χ2v) is 7.15. The van der Waals surface area contributed by atoms with E-state index in [9.17, 15) is 9.59 Å². The van der Waals surface area contributed by atoms with Gasteiger partial charge in [0.2, 0.25) is 0 Å². The number of fused-ring (bicyclic) bond motifs is 1. The van der Waals surface area contributed by atoms with Crippen LogP contribution in [0.2, 0.25) is 0 Å². The van der Waals surface area contributed by atoms with Gasteiger partial charge in [0.1, 0.15) is 6.10 Å².